The summed E-state index contributed by atoms with van der Waals surface area (Å²) < 4.78 is 46.3. The first kappa shape index (κ1) is 14.4. The number of hydroxylamine groups is 1. The minimum absolute atomic E-state index is 0.122. The van der Waals surface area contributed by atoms with Crippen LogP contribution in [0, 0.1) is 0 Å². The molecular formula is C12H12F3NO4. The van der Waals surface area contributed by atoms with E-state index < -0.39 is 18.7 Å². The van der Waals surface area contributed by atoms with E-state index in [1.165, 1.54) is 18.2 Å². The number of amides is 1. The van der Waals surface area contributed by atoms with Crippen molar-refractivity contribution in [3.05, 3.63) is 23.8 Å². The average molecular weight is 291 g/mol. The molecule has 2 rings (SSSR count). The Kier molecular flexibility index (Phi) is 4.33. The van der Waals surface area contributed by atoms with E-state index in [1.54, 1.807) is 5.48 Å². The maximum Gasteiger partial charge on any atom is 0.414 e. The van der Waals surface area contributed by atoms with Crippen LogP contribution >= 0.6 is 0 Å². The maximum absolute atomic E-state index is 11.9. The standard InChI is InChI=1S/C12H12F3NO4/c13-12(14,15)7-20-16-11(17)8-2-3-9-10(6-8)19-5-1-4-18-9/h2-3,6H,1,4-5,7H2,(H,16,17). The van der Waals surface area contributed by atoms with Crippen LogP contribution in [0.5, 0.6) is 11.5 Å². The third kappa shape index (κ3) is 4.02. The van der Waals surface area contributed by atoms with Gasteiger partial charge in [0, 0.05) is 12.0 Å². The smallest absolute Gasteiger partial charge is 0.414 e. The van der Waals surface area contributed by atoms with Gasteiger partial charge in [-0.3, -0.25) is 9.63 Å². The van der Waals surface area contributed by atoms with Crippen molar-refractivity contribution in [2.24, 2.45) is 0 Å². The molecule has 0 saturated carbocycles. The van der Waals surface area contributed by atoms with Crippen molar-refractivity contribution in [1.82, 2.24) is 5.48 Å². The highest BCUT2D eigenvalue weighted by Gasteiger charge is 2.28. The van der Waals surface area contributed by atoms with Crippen LogP contribution < -0.4 is 15.0 Å². The van der Waals surface area contributed by atoms with Crippen molar-refractivity contribution < 1.29 is 32.3 Å². The van der Waals surface area contributed by atoms with Crippen molar-refractivity contribution in [3.8, 4) is 11.5 Å². The molecule has 1 amide bonds. The maximum atomic E-state index is 11.9. The van der Waals surface area contributed by atoms with Crippen molar-refractivity contribution >= 4 is 5.91 Å². The Hall–Kier alpha value is -1.96. The summed E-state index contributed by atoms with van der Waals surface area (Å²) in [6, 6.07) is 4.34. The molecule has 0 fully saturated rings. The van der Waals surface area contributed by atoms with Crippen molar-refractivity contribution in [2.75, 3.05) is 19.8 Å². The lowest BCUT2D eigenvalue weighted by atomic mass is 10.2. The zero-order chi connectivity index (χ0) is 14.6. The first-order valence-electron chi connectivity index (χ1n) is 5.84. The van der Waals surface area contributed by atoms with Gasteiger partial charge in [-0.05, 0) is 18.2 Å². The van der Waals surface area contributed by atoms with E-state index in [2.05, 4.69) is 4.84 Å². The molecule has 1 heterocycles. The zero-order valence-electron chi connectivity index (χ0n) is 10.3. The normalized spacial score (nSPS) is 14.6. The molecule has 0 aliphatic carbocycles. The summed E-state index contributed by atoms with van der Waals surface area (Å²) in [5.41, 5.74) is 1.84. The highest BCUT2D eigenvalue weighted by atomic mass is 19.4. The number of benzene rings is 1. The highest BCUT2D eigenvalue weighted by molar-refractivity contribution is 5.94. The van der Waals surface area contributed by atoms with Gasteiger partial charge in [0.05, 0.1) is 13.2 Å². The summed E-state index contributed by atoms with van der Waals surface area (Å²) in [4.78, 5) is 15.7. The van der Waals surface area contributed by atoms with E-state index in [0.717, 1.165) is 0 Å². The van der Waals surface area contributed by atoms with E-state index in [9.17, 15) is 18.0 Å². The molecule has 1 aliphatic heterocycles. The predicted octanol–water partition coefficient (Wildman–Crippen LogP) is 2.07. The average Bonchev–Trinajstić information content (AvgIpc) is 2.61. The van der Waals surface area contributed by atoms with Crippen LogP contribution in [0.2, 0.25) is 0 Å². The van der Waals surface area contributed by atoms with E-state index in [1.807, 2.05) is 0 Å². The number of carbonyl (C=O) groups is 1. The number of halogens is 3. The Bertz CT molecular complexity index is 490. The monoisotopic (exact) mass is 291 g/mol. The second-order valence-corrected chi connectivity index (χ2v) is 4.05. The first-order chi connectivity index (χ1) is 9.46. The number of carbonyl (C=O) groups excluding carboxylic acids is 1. The first-order valence-corrected chi connectivity index (χ1v) is 5.84. The molecule has 5 nitrogen and oxygen atoms in total. The molecule has 1 N–H and O–H groups in total. The Morgan fingerprint density at radius 2 is 1.95 bits per heavy atom. The molecule has 1 aliphatic rings. The summed E-state index contributed by atoms with van der Waals surface area (Å²) in [6.45, 7) is -0.598. The number of fused-ring (bicyclic) bond motifs is 1. The molecule has 0 atom stereocenters. The Morgan fingerprint density at radius 1 is 1.25 bits per heavy atom. The van der Waals surface area contributed by atoms with Gasteiger partial charge in [-0.15, -0.1) is 0 Å². The van der Waals surface area contributed by atoms with Gasteiger partial charge in [0.25, 0.3) is 5.91 Å². The molecule has 110 valence electrons. The zero-order valence-corrected chi connectivity index (χ0v) is 10.3. The minimum atomic E-state index is -4.50. The molecular weight excluding hydrogens is 279 g/mol. The van der Waals surface area contributed by atoms with E-state index in [-0.39, 0.29) is 5.56 Å². The van der Waals surface area contributed by atoms with Gasteiger partial charge in [-0.1, -0.05) is 0 Å². The fraction of sp³-hybridized carbons (Fsp3) is 0.417. The quantitative estimate of drug-likeness (QED) is 0.866. The predicted molar refractivity (Wildman–Crippen MR) is 61.5 cm³/mol. The largest absolute Gasteiger partial charge is 0.490 e. The molecule has 8 heteroatoms. The molecule has 1 aromatic carbocycles. The highest BCUT2D eigenvalue weighted by Crippen LogP contribution is 2.30. The lowest BCUT2D eigenvalue weighted by molar-refractivity contribution is -0.184. The second-order valence-electron chi connectivity index (χ2n) is 4.05. The fourth-order valence-corrected chi connectivity index (χ4v) is 1.55. The number of hydrogen-bond donors (Lipinski definition) is 1. The lowest BCUT2D eigenvalue weighted by Gasteiger charge is -2.10. The van der Waals surface area contributed by atoms with E-state index >= 15 is 0 Å². The number of alkyl halides is 3. The van der Waals surface area contributed by atoms with Crippen molar-refractivity contribution in [2.45, 2.75) is 12.6 Å². The van der Waals surface area contributed by atoms with Gasteiger partial charge >= 0.3 is 6.18 Å². The summed E-state index contributed by atoms with van der Waals surface area (Å²) in [5, 5.41) is 0. The molecule has 0 radical (unpaired) electrons. The van der Waals surface area contributed by atoms with Crippen LogP contribution in [-0.4, -0.2) is 31.9 Å². The molecule has 20 heavy (non-hydrogen) atoms. The molecule has 1 aromatic rings. The topological polar surface area (TPSA) is 56.8 Å². The minimum Gasteiger partial charge on any atom is -0.490 e. The SMILES string of the molecule is O=C(NOCC(F)(F)F)c1ccc2c(c1)OCCCO2. The third-order valence-electron chi connectivity index (χ3n) is 2.41. The van der Waals surface area contributed by atoms with Crippen molar-refractivity contribution in [1.29, 1.82) is 0 Å². The van der Waals surface area contributed by atoms with Crippen LogP contribution in [0.15, 0.2) is 18.2 Å². The van der Waals surface area contributed by atoms with E-state index in [0.29, 0.717) is 31.1 Å². The van der Waals surface area contributed by atoms with Crippen LogP contribution in [0.25, 0.3) is 0 Å². The van der Waals surface area contributed by atoms with Crippen LogP contribution in [0.3, 0.4) is 0 Å². The van der Waals surface area contributed by atoms with Gasteiger partial charge in [0.15, 0.2) is 18.1 Å². The second kappa shape index (κ2) is 6.00. The van der Waals surface area contributed by atoms with Gasteiger partial charge in [0.2, 0.25) is 0 Å². The Balaban J connectivity index is 1.98. The lowest BCUT2D eigenvalue weighted by Crippen LogP contribution is -2.29. The van der Waals surface area contributed by atoms with Crippen LogP contribution in [0.1, 0.15) is 16.8 Å². The number of rotatable bonds is 3. The van der Waals surface area contributed by atoms with Gasteiger partial charge in [-0.2, -0.15) is 13.2 Å². The van der Waals surface area contributed by atoms with Crippen molar-refractivity contribution in [3.63, 3.8) is 0 Å². The molecule has 0 unspecified atom stereocenters. The summed E-state index contributed by atoms with van der Waals surface area (Å²) >= 11 is 0. The van der Waals surface area contributed by atoms with Gasteiger partial charge in [0.1, 0.15) is 0 Å². The van der Waals surface area contributed by atoms with Gasteiger partial charge < -0.3 is 9.47 Å². The molecule has 0 bridgehead atoms. The number of nitrogens with one attached hydrogen (secondary N) is 1. The Labute approximate surface area is 112 Å². The number of ether oxygens (including phenoxy) is 2. The Morgan fingerprint density at radius 3 is 2.65 bits per heavy atom. The van der Waals surface area contributed by atoms with Crippen LogP contribution in [-0.2, 0) is 4.84 Å². The summed E-state index contributed by atoms with van der Waals surface area (Å²) in [6.07, 6.45) is -3.79. The fourth-order valence-electron chi connectivity index (χ4n) is 1.55. The molecule has 0 aromatic heterocycles. The third-order valence-corrected chi connectivity index (χ3v) is 2.41. The molecule has 0 saturated heterocycles. The summed E-state index contributed by atoms with van der Waals surface area (Å²) in [5.74, 6) is 0.0890. The van der Waals surface area contributed by atoms with Crippen LogP contribution in [0.4, 0.5) is 13.2 Å². The van der Waals surface area contributed by atoms with E-state index in [4.69, 9.17) is 9.47 Å². The number of hydrogen-bond acceptors (Lipinski definition) is 4. The summed E-state index contributed by atoms with van der Waals surface area (Å²) in [7, 11) is 0. The molecule has 0 spiro atoms. The van der Waals surface area contributed by atoms with Gasteiger partial charge in [-0.25, -0.2) is 5.48 Å².